The summed E-state index contributed by atoms with van der Waals surface area (Å²) in [6, 6.07) is 6.57. The maximum atomic E-state index is 13.7. The number of pyridine rings is 3. The number of nitrogens with zero attached hydrogens (tertiary/aromatic N) is 7. The van der Waals surface area contributed by atoms with Gasteiger partial charge < -0.3 is 25.8 Å². The standard InChI is InChI=1S/C31H34N10O5/c1-16-14-31(16,28(32)42)41-26-19(25(38-41)20-6-5-11-33-27(20)45-3)9-10-23(37-26)36-24-13-21-22(15-34-24)39(2)30(44)40(21)18-8-7-17(12-18)35-29(43)46-4/h5-6,9-11,13,15-18H,7-8,12,14H2,1-4H3,(H2,32,42)(H,35,43)(H,34,36,37)/t16-,17+,18+,31-/m0/s1/i2D3,17D. The fraction of sp³-hybridized carbons (Fsp3) is 0.387. The fourth-order valence-corrected chi connectivity index (χ4v) is 6.46. The van der Waals surface area contributed by atoms with Crippen LogP contribution in [0.1, 0.15) is 44.1 Å². The second-order valence-corrected chi connectivity index (χ2v) is 11.6. The molecule has 0 unspecified atom stereocenters. The van der Waals surface area contributed by atoms with Crippen LogP contribution in [0.2, 0.25) is 0 Å². The summed E-state index contributed by atoms with van der Waals surface area (Å²) in [7, 11) is 2.70. The van der Waals surface area contributed by atoms with Crippen LogP contribution in [0.3, 0.4) is 0 Å². The number of rotatable bonds is 8. The highest BCUT2D eigenvalue weighted by atomic mass is 16.5. The van der Waals surface area contributed by atoms with Gasteiger partial charge in [-0.2, -0.15) is 5.10 Å². The number of carbonyl (C=O) groups excluding carboxylic acids is 2. The Hall–Kier alpha value is -5.47. The fourth-order valence-electron chi connectivity index (χ4n) is 6.46. The molecule has 0 spiro atoms. The van der Waals surface area contributed by atoms with Crippen molar-refractivity contribution in [3.63, 3.8) is 0 Å². The summed E-state index contributed by atoms with van der Waals surface area (Å²) in [5, 5.41) is 11.1. The van der Waals surface area contributed by atoms with E-state index in [9.17, 15) is 14.4 Å². The lowest BCUT2D eigenvalue weighted by atomic mass is 10.1. The second kappa shape index (κ2) is 10.9. The van der Waals surface area contributed by atoms with Crippen molar-refractivity contribution in [2.75, 3.05) is 19.5 Å². The maximum absolute atomic E-state index is 13.7. The van der Waals surface area contributed by atoms with Crippen molar-refractivity contribution < 1.29 is 24.5 Å². The zero-order valence-corrected chi connectivity index (χ0v) is 25.3. The van der Waals surface area contributed by atoms with Crippen LogP contribution in [0.25, 0.3) is 33.3 Å². The Balaban J connectivity index is 1.32. The van der Waals surface area contributed by atoms with Crippen molar-refractivity contribution in [1.29, 1.82) is 0 Å². The van der Waals surface area contributed by atoms with Gasteiger partial charge in [0.2, 0.25) is 11.8 Å². The number of alkyl carbamates (subject to hydrolysis) is 1. The number of imidazole rings is 1. The first-order valence-electron chi connectivity index (χ1n) is 16.7. The molecule has 238 valence electrons. The number of primary amides is 1. The second-order valence-electron chi connectivity index (χ2n) is 11.6. The summed E-state index contributed by atoms with van der Waals surface area (Å²) < 4.78 is 46.7. The molecule has 2 saturated carbocycles. The number of methoxy groups -OCH3 is 2. The molecule has 7 rings (SSSR count). The highest BCUT2D eigenvalue weighted by molar-refractivity contribution is 5.96. The van der Waals surface area contributed by atoms with E-state index in [2.05, 4.69) is 25.3 Å². The first-order valence-corrected chi connectivity index (χ1v) is 14.7. The number of nitrogens with two attached hydrogens (primary N) is 1. The van der Waals surface area contributed by atoms with Gasteiger partial charge in [-0.3, -0.25) is 13.9 Å². The third-order valence-electron chi connectivity index (χ3n) is 8.93. The van der Waals surface area contributed by atoms with Crippen molar-refractivity contribution in [3.8, 4) is 17.1 Å². The number of nitrogens with one attached hydrogen (secondary N) is 2. The van der Waals surface area contributed by atoms with Crippen LogP contribution < -0.4 is 26.8 Å². The summed E-state index contributed by atoms with van der Waals surface area (Å²) >= 11 is 0. The predicted octanol–water partition coefficient (Wildman–Crippen LogP) is 2.96. The van der Waals surface area contributed by atoms with E-state index in [0.717, 1.165) is 0 Å². The molecule has 2 aliphatic carbocycles. The van der Waals surface area contributed by atoms with E-state index in [-0.39, 0.29) is 35.6 Å². The lowest BCUT2D eigenvalue weighted by Gasteiger charge is -2.15. The molecule has 46 heavy (non-hydrogen) atoms. The molecule has 0 aromatic carbocycles. The number of anilines is 2. The molecule has 0 saturated heterocycles. The summed E-state index contributed by atoms with van der Waals surface area (Å²) in [4.78, 5) is 51.9. The third-order valence-corrected chi connectivity index (χ3v) is 8.93. The molecule has 5 aromatic rings. The van der Waals surface area contributed by atoms with E-state index in [4.69, 9.17) is 26.0 Å². The Morgan fingerprint density at radius 1 is 1.17 bits per heavy atom. The number of aromatic nitrogens is 7. The summed E-state index contributed by atoms with van der Waals surface area (Å²) in [6.07, 6.45) is 3.18. The number of amides is 2. The topological polar surface area (TPSA) is 186 Å². The summed E-state index contributed by atoms with van der Waals surface area (Å²) in [5.74, 6) is 0.285. The number of carbonyl (C=O) groups is 2. The van der Waals surface area contributed by atoms with Crippen LogP contribution in [0.5, 0.6) is 5.88 Å². The molecule has 4 atom stereocenters. The lowest BCUT2D eigenvalue weighted by Crippen LogP contribution is -2.36. The van der Waals surface area contributed by atoms with E-state index in [1.165, 1.54) is 25.0 Å². The van der Waals surface area contributed by atoms with E-state index in [1.54, 1.807) is 35.1 Å². The minimum atomic E-state index is -2.81. The Bertz CT molecular complexity index is 2250. The van der Waals surface area contributed by atoms with Gasteiger partial charge >= 0.3 is 11.8 Å². The average molecular weight is 631 g/mol. The molecule has 2 fully saturated rings. The Morgan fingerprint density at radius 3 is 2.72 bits per heavy atom. The highest BCUT2D eigenvalue weighted by Crippen LogP contribution is 2.51. The largest absolute Gasteiger partial charge is 0.481 e. The van der Waals surface area contributed by atoms with Crippen molar-refractivity contribution in [2.24, 2.45) is 18.6 Å². The number of fused-ring (bicyclic) bond motifs is 2. The SMILES string of the molecule is [2H]C([2H])([2H])n1c(=O)n([C@@H]2CC[C@@]([2H])(NC(=O)OC)C2)c2cc(Nc3ccc4c(-c5cccnc5OC)nn([C@@]5(C(N)=O)C[C@@H]5C)c4n3)ncc21. The molecule has 2 aliphatic rings. The average Bonchev–Trinajstić information content (AvgIpc) is 3.31. The molecular weight excluding hydrogens is 592 g/mol. The molecular formula is C31H34N10O5. The van der Waals surface area contributed by atoms with Gasteiger partial charge in [0, 0.05) is 40.8 Å². The predicted molar refractivity (Wildman–Crippen MR) is 169 cm³/mol. The maximum Gasteiger partial charge on any atom is 0.407 e. The number of ether oxygens (including phenoxy) is 2. The van der Waals surface area contributed by atoms with Gasteiger partial charge in [0.05, 0.1) is 38.4 Å². The Kier molecular flexibility index (Phi) is 5.85. The van der Waals surface area contributed by atoms with Crippen molar-refractivity contribution in [2.45, 2.75) is 50.2 Å². The summed E-state index contributed by atoms with van der Waals surface area (Å²) in [5.41, 5.74) is 5.88. The molecule has 0 radical (unpaired) electrons. The smallest absolute Gasteiger partial charge is 0.407 e. The molecule has 5 aromatic heterocycles. The van der Waals surface area contributed by atoms with Crippen LogP contribution in [0.4, 0.5) is 16.4 Å². The van der Waals surface area contributed by atoms with Crippen molar-refractivity contribution in [3.05, 3.63) is 53.2 Å². The monoisotopic (exact) mass is 630 g/mol. The first-order chi connectivity index (χ1) is 23.7. The van der Waals surface area contributed by atoms with E-state index in [0.29, 0.717) is 51.4 Å². The van der Waals surface area contributed by atoms with Crippen LogP contribution >= 0.6 is 0 Å². The third kappa shape index (κ3) is 4.52. The summed E-state index contributed by atoms with van der Waals surface area (Å²) in [6.45, 7) is -0.899. The van der Waals surface area contributed by atoms with Crippen LogP contribution in [-0.2, 0) is 22.0 Å². The minimum Gasteiger partial charge on any atom is -0.481 e. The van der Waals surface area contributed by atoms with Gasteiger partial charge in [0.1, 0.15) is 22.9 Å². The zero-order chi connectivity index (χ0) is 35.7. The molecule has 2 amide bonds. The van der Waals surface area contributed by atoms with Gasteiger partial charge in [-0.1, -0.05) is 6.92 Å². The van der Waals surface area contributed by atoms with Crippen LogP contribution in [0, 0.1) is 5.92 Å². The van der Waals surface area contributed by atoms with Crippen LogP contribution in [0.15, 0.2) is 47.5 Å². The van der Waals surface area contributed by atoms with Crippen molar-refractivity contribution >= 4 is 45.7 Å². The Morgan fingerprint density at radius 2 is 2.00 bits per heavy atom. The van der Waals surface area contributed by atoms with E-state index >= 15 is 0 Å². The zero-order valence-electron chi connectivity index (χ0n) is 29.3. The molecule has 0 aliphatic heterocycles. The van der Waals surface area contributed by atoms with Gasteiger partial charge in [0.15, 0.2) is 5.65 Å². The molecule has 5 heterocycles. The van der Waals surface area contributed by atoms with Crippen molar-refractivity contribution in [1.82, 2.24) is 39.2 Å². The van der Waals surface area contributed by atoms with E-state index < -0.39 is 42.3 Å². The molecule has 15 heteroatoms. The van der Waals surface area contributed by atoms with Gasteiger partial charge in [-0.05, 0) is 55.9 Å². The first kappa shape index (κ1) is 24.8. The molecule has 15 nitrogen and oxygen atoms in total. The number of aryl methyl sites for hydroxylation is 1. The minimum absolute atomic E-state index is 0.0412. The quantitative estimate of drug-likeness (QED) is 0.230. The Labute approximate surface area is 268 Å². The van der Waals surface area contributed by atoms with Crippen LogP contribution in [-0.4, -0.2) is 66.1 Å². The highest BCUT2D eigenvalue weighted by Gasteiger charge is 2.60. The molecule has 0 bridgehead atoms. The normalized spacial score (nSPS) is 25.4. The molecule has 4 N–H and O–H groups in total. The number of hydrogen-bond acceptors (Lipinski definition) is 10. The van der Waals surface area contributed by atoms with Gasteiger partial charge in [-0.25, -0.2) is 29.2 Å². The van der Waals surface area contributed by atoms with Gasteiger partial charge in [0.25, 0.3) is 0 Å². The number of hydrogen-bond donors (Lipinski definition) is 3. The van der Waals surface area contributed by atoms with Gasteiger partial charge in [-0.15, -0.1) is 0 Å². The van der Waals surface area contributed by atoms with E-state index in [1.807, 2.05) is 13.0 Å². The lowest BCUT2D eigenvalue weighted by molar-refractivity contribution is -0.123.